The van der Waals surface area contributed by atoms with Gasteiger partial charge in [0, 0.05) is 12.1 Å². The maximum atomic E-state index is 13.0. The molecule has 0 saturated heterocycles. The van der Waals surface area contributed by atoms with Crippen LogP contribution in [0.15, 0.2) is 35.1 Å². The first-order valence-corrected chi connectivity index (χ1v) is 7.32. The summed E-state index contributed by atoms with van der Waals surface area (Å²) in [5.74, 6) is 0.525. The van der Waals surface area contributed by atoms with Crippen LogP contribution in [0.5, 0.6) is 11.6 Å². The van der Waals surface area contributed by atoms with Crippen LogP contribution in [0.3, 0.4) is 0 Å². The molecule has 0 radical (unpaired) electrons. The number of aromatic nitrogens is 2. The van der Waals surface area contributed by atoms with E-state index in [4.69, 9.17) is 4.74 Å². The van der Waals surface area contributed by atoms with Crippen molar-refractivity contribution in [3.63, 3.8) is 0 Å². The van der Waals surface area contributed by atoms with Crippen LogP contribution in [0.1, 0.15) is 26.5 Å². The maximum Gasteiger partial charge on any atom is 0.237 e. The van der Waals surface area contributed by atoms with E-state index >= 15 is 0 Å². The summed E-state index contributed by atoms with van der Waals surface area (Å²) in [5, 5.41) is 3.33. The number of ether oxygens (including phenoxy) is 1. The molecule has 2 rings (SSSR count). The summed E-state index contributed by atoms with van der Waals surface area (Å²) in [5.41, 5.74) is 0.853. The topological polar surface area (TPSA) is 47.0 Å². The van der Waals surface area contributed by atoms with E-state index in [9.17, 15) is 4.39 Å². The molecule has 21 heavy (non-hydrogen) atoms. The highest BCUT2D eigenvalue weighted by atomic mass is 79.9. The smallest absolute Gasteiger partial charge is 0.237 e. The summed E-state index contributed by atoms with van der Waals surface area (Å²) < 4.78 is 19.1. The Balaban J connectivity index is 2.02. The van der Waals surface area contributed by atoms with E-state index in [-0.39, 0.29) is 11.4 Å². The molecule has 6 heteroatoms. The van der Waals surface area contributed by atoms with Crippen LogP contribution in [-0.2, 0) is 6.54 Å². The lowest BCUT2D eigenvalue weighted by Gasteiger charge is -2.19. The Kier molecular flexibility index (Phi) is 4.90. The molecule has 0 aliphatic heterocycles. The van der Waals surface area contributed by atoms with Crippen LogP contribution >= 0.6 is 15.9 Å². The predicted octanol–water partition coefficient (Wildman–Crippen LogP) is 4.06. The van der Waals surface area contributed by atoms with Gasteiger partial charge in [-0.2, -0.15) is 0 Å². The minimum atomic E-state index is -0.330. The molecule has 4 nitrogen and oxygen atoms in total. The Morgan fingerprint density at radius 2 is 2.00 bits per heavy atom. The van der Waals surface area contributed by atoms with E-state index in [0.717, 1.165) is 5.69 Å². The van der Waals surface area contributed by atoms with Crippen LogP contribution in [-0.4, -0.2) is 15.5 Å². The van der Waals surface area contributed by atoms with Gasteiger partial charge < -0.3 is 10.1 Å². The fourth-order valence-corrected chi connectivity index (χ4v) is 1.95. The SMILES string of the molecule is CC(C)(C)NCc1cnc(Oc2ccc(F)cc2Br)cn1. The van der Waals surface area contributed by atoms with Crippen LogP contribution in [0, 0.1) is 5.82 Å². The van der Waals surface area contributed by atoms with Crippen molar-refractivity contribution in [3.05, 3.63) is 46.6 Å². The Labute approximate surface area is 131 Å². The first-order chi connectivity index (χ1) is 9.83. The first kappa shape index (κ1) is 15.9. The van der Waals surface area contributed by atoms with Crippen LogP contribution in [0.4, 0.5) is 4.39 Å². The van der Waals surface area contributed by atoms with Gasteiger partial charge in [0.1, 0.15) is 11.6 Å². The summed E-state index contributed by atoms with van der Waals surface area (Å²) in [4.78, 5) is 8.48. The number of benzene rings is 1. The molecule has 1 aromatic carbocycles. The van der Waals surface area contributed by atoms with E-state index in [1.807, 2.05) is 0 Å². The summed E-state index contributed by atoms with van der Waals surface area (Å²) >= 11 is 3.24. The molecule has 0 amide bonds. The van der Waals surface area contributed by atoms with Gasteiger partial charge in [-0.25, -0.2) is 9.37 Å². The molecule has 0 aliphatic rings. The monoisotopic (exact) mass is 353 g/mol. The van der Waals surface area contributed by atoms with Crippen molar-refractivity contribution >= 4 is 15.9 Å². The summed E-state index contributed by atoms with van der Waals surface area (Å²) in [6, 6.07) is 4.20. The van der Waals surface area contributed by atoms with E-state index in [2.05, 4.69) is 52.0 Å². The van der Waals surface area contributed by atoms with Gasteiger partial charge in [0.2, 0.25) is 5.88 Å². The fourth-order valence-electron chi connectivity index (χ4n) is 1.51. The molecule has 0 atom stereocenters. The number of hydrogen-bond acceptors (Lipinski definition) is 4. The van der Waals surface area contributed by atoms with Gasteiger partial charge in [0.05, 0.1) is 22.6 Å². The molecule has 0 spiro atoms. The average Bonchev–Trinajstić information content (AvgIpc) is 2.40. The second-order valence-corrected chi connectivity index (χ2v) is 6.48. The average molecular weight is 354 g/mol. The predicted molar refractivity (Wildman–Crippen MR) is 82.8 cm³/mol. The summed E-state index contributed by atoms with van der Waals surface area (Å²) in [6.45, 7) is 6.90. The molecular weight excluding hydrogens is 337 g/mol. The number of nitrogens with one attached hydrogen (secondary N) is 1. The zero-order chi connectivity index (χ0) is 15.5. The molecular formula is C15H17BrFN3O. The van der Waals surface area contributed by atoms with Gasteiger partial charge in [-0.3, -0.25) is 4.98 Å². The van der Waals surface area contributed by atoms with Crippen LogP contribution < -0.4 is 10.1 Å². The minimum Gasteiger partial charge on any atom is -0.436 e. The van der Waals surface area contributed by atoms with Crippen molar-refractivity contribution in [2.45, 2.75) is 32.9 Å². The molecule has 1 aromatic heterocycles. The molecule has 0 aliphatic carbocycles. The standard InChI is InChI=1S/C15H17BrFN3O/c1-15(2,3)20-8-11-7-19-14(9-18-11)21-13-5-4-10(17)6-12(13)16/h4-7,9,20H,8H2,1-3H3. The van der Waals surface area contributed by atoms with E-state index in [1.165, 1.54) is 18.2 Å². The van der Waals surface area contributed by atoms with Gasteiger partial charge in [0.15, 0.2) is 0 Å². The van der Waals surface area contributed by atoms with Crippen molar-refractivity contribution in [3.8, 4) is 11.6 Å². The van der Waals surface area contributed by atoms with Crippen molar-refractivity contribution in [2.24, 2.45) is 0 Å². The largest absolute Gasteiger partial charge is 0.436 e. The lowest BCUT2D eigenvalue weighted by Crippen LogP contribution is -2.35. The highest BCUT2D eigenvalue weighted by Crippen LogP contribution is 2.28. The second-order valence-electron chi connectivity index (χ2n) is 5.63. The van der Waals surface area contributed by atoms with Gasteiger partial charge in [-0.1, -0.05) is 0 Å². The third-order valence-electron chi connectivity index (χ3n) is 2.59. The molecule has 112 valence electrons. The lowest BCUT2D eigenvalue weighted by atomic mass is 10.1. The third-order valence-corrected chi connectivity index (χ3v) is 3.21. The van der Waals surface area contributed by atoms with Gasteiger partial charge in [0.25, 0.3) is 0 Å². The molecule has 0 fully saturated rings. The number of rotatable bonds is 4. The fraction of sp³-hybridized carbons (Fsp3) is 0.333. The van der Waals surface area contributed by atoms with E-state index < -0.39 is 0 Å². The van der Waals surface area contributed by atoms with Crippen LogP contribution in [0.25, 0.3) is 0 Å². The molecule has 1 N–H and O–H groups in total. The third kappa shape index (κ3) is 5.06. The normalized spacial score (nSPS) is 11.5. The van der Waals surface area contributed by atoms with E-state index in [1.54, 1.807) is 12.4 Å². The van der Waals surface area contributed by atoms with Crippen molar-refractivity contribution in [2.75, 3.05) is 0 Å². The Morgan fingerprint density at radius 3 is 2.57 bits per heavy atom. The van der Waals surface area contributed by atoms with Crippen molar-refractivity contribution < 1.29 is 9.13 Å². The maximum absolute atomic E-state index is 13.0. The Morgan fingerprint density at radius 1 is 1.24 bits per heavy atom. The van der Waals surface area contributed by atoms with Gasteiger partial charge in [-0.15, -0.1) is 0 Å². The van der Waals surface area contributed by atoms with Gasteiger partial charge >= 0.3 is 0 Å². The lowest BCUT2D eigenvalue weighted by molar-refractivity contribution is 0.418. The zero-order valence-corrected chi connectivity index (χ0v) is 13.7. The quantitative estimate of drug-likeness (QED) is 0.900. The second kappa shape index (κ2) is 6.49. The number of hydrogen-bond donors (Lipinski definition) is 1. The van der Waals surface area contributed by atoms with Gasteiger partial charge in [-0.05, 0) is 54.9 Å². The summed E-state index contributed by atoms with van der Waals surface area (Å²) in [7, 11) is 0. The Hall–Kier alpha value is -1.53. The number of halogens is 2. The first-order valence-electron chi connectivity index (χ1n) is 6.52. The molecule has 0 bridgehead atoms. The Bertz CT molecular complexity index is 611. The summed E-state index contributed by atoms with van der Waals surface area (Å²) in [6.07, 6.45) is 3.21. The zero-order valence-electron chi connectivity index (χ0n) is 12.2. The van der Waals surface area contributed by atoms with Crippen LogP contribution in [0.2, 0.25) is 0 Å². The molecule has 2 aromatic rings. The highest BCUT2D eigenvalue weighted by molar-refractivity contribution is 9.10. The minimum absolute atomic E-state index is 0.0236. The van der Waals surface area contributed by atoms with Crippen molar-refractivity contribution in [1.82, 2.24) is 15.3 Å². The highest BCUT2D eigenvalue weighted by Gasteiger charge is 2.10. The van der Waals surface area contributed by atoms with E-state index in [0.29, 0.717) is 22.6 Å². The number of nitrogens with zero attached hydrogens (tertiary/aromatic N) is 2. The molecule has 1 heterocycles. The van der Waals surface area contributed by atoms with Crippen molar-refractivity contribution in [1.29, 1.82) is 0 Å². The molecule has 0 saturated carbocycles. The molecule has 0 unspecified atom stereocenters.